The van der Waals surface area contributed by atoms with Crippen LogP contribution in [-0.4, -0.2) is 17.1 Å². The fourth-order valence-electron chi connectivity index (χ4n) is 3.72. The number of nitrogens with two attached hydrogens (primary N) is 1. The number of nitrogens with zero attached hydrogens (tertiary/aromatic N) is 1. The van der Waals surface area contributed by atoms with Crippen molar-refractivity contribution in [3.63, 3.8) is 0 Å². The van der Waals surface area contributed by atoms with Crippen molar-refractivity contribution in [3.05, 3.63) is 34.1 Å². The van der Waals surface area contributed by atoms with E-state index in [4.69, 9.17) is 10.5 Å². The van der Waals surface area contributed by atoms with Gasteiger partial charge in [-0.1, -0.05) is 19.3 Å². The highest BCUT2D eigenvalue weighted by molar-refractivity contribution is 5.38. The Kier molecular flexibility index (Phi) is 3.57. The molecule has 2 atom stereocenters. The van der Waals surface area contributed by atoms with Gasteiger partial charge in [0.2, 0.25) is 5.82 Å². The Morgan fingerprint density at radius 3 is 2.62 bits per heavy atom. The average molecular weight is 294 g/mol. The molecule has 1 spiro atoms. The summed E-state index contributed by atoms with van der Waals surface area (Å²) >= 11 is 0. The molecule has 1 aromatic carbocycles. The molecule has 21 heavy (non-hydrogen) atoms. The number of benzene rings is 1. The molecule has 5 nitrogen and oxygen atoms in total. The van der Waals surface area contributed by atoms with Gasteiger partial charge in [-0.2, -0.15) is 4.39 Å². The van der Waals surface area contributed by atoms with Crippen LogP contribution in [0.1, 0.15) is 38.5 Å². The number of nitro groups is 1. The van der Waals surface area contributed by atoms with Crippen molar-refractivity contribution in [2.45, 2.75) is 50.7 Å². The molecule has 1 aromatic rings. The molecule has 0 saturated heterocycles. The van der Waals surface area contributed by atoms with Gasteiger partial charge in [0.25, 0.3) is 0 Å². The zero-order chi connectivity index (χ0) is 15.0. The maximum atomic E-state index is 13.6. The number of halogens is 1. The molecule has 2 aliphatic rings. The summed E-state index contributed by atoms with van der Waals surface area (Å²) in [6.45, 7) is 0. The first kappa shape index (κ1) is 14.3. The number of ether oxygens (including phenoxy) is 1. The monoisotopic (exact) mass is 294 g/mol. The average Bonchev–Trinajstić information content (AvgIpc) is 2.47. The van der Waals surface area contributed by atoms with Crippen LogP contribution in [0, 0.1) is 21.3 Å². The van der Waals surface area contributed by atoms with Crippen LogP contribution in [0.2, 0.25) is 0 Å². The topological polar surface area (TPSA) is 78.4 Å². The molecular weight excluding hydrogens is 275 g/mol. The number of hydrogen-bond donors (Lipinski definition) is 1. The molecule has 2 saturated carbocycles. The number of hydrogen-bond acceptors (Lipinski definition) is 4. The maximum Gasteiger partial charge on any atom is 0.305 e. The lowest BCUT2D eigenvalue weighted by molar-refractivity contribution is -0.387. The molecule has 6 heteroatoms. The first-order chi connectivity index (χ1) is 10.0. The Morgan fingerprint density at radius 2 is 2.05 bits per heavy atom. The van der Waals surface area contributed by atoms with Gasteiger partial charge in [-0.05, 0) is 18.9 Å². The third-order valence-corrected chi connectivity index (χ3v) is 5.03. The standard InChI is InChI=1S/C15H19FN2O3/c16-11-8-10(4-5-12(11)18(19)20)21-14-9-13(17)15(14)6-2-1-3-7-15/h4-5,8,13-14H,1-3,6-7,9,17H2. The second-order valence-electron chi connectivity index (χ2n) is 6.11. The van der Waals surface area contributed by atoms with Crippen LogP contribution >= 0.6 is 0 Å². The SMILES string of the molecule is NC1CC(Oc2ccc([N+](=O)[O-])c(F)c2)C12CCCCC2. The van der Waals surface area contributed by atoms with Gasteiger partial charge in [-0.3, -0.25) is 10.1 Å². The molecule has 114 valence electrons. The van der Waals surface area contributed by atoms with Crippen molar-refractivity contribution in [1.82, 2.24) is 0 Å². The minimum atomic E-state index is -0.862. The highest BCUT2D eigenvalue weighted by Gasteiger charge is 2.54. The summed E-state index contributed by atoms with van der Waals surface area (Å²) in [6, 6.07) is 3.85. The van der Waals surface area contributed by atoms with Crippen molar-refractivity contribution in [3.8, 4) is 5.75 Å². The van der Waals surface area contributed by atoms with Crippen molar-refractivity contribution in [2.24, 2.45) is 11.1 Å². The summed E-state index contributed by atoms with van der Waals surface area (Å²) in [6.07, 6.45) is 6.40. The Balaban J connectivity index is 1.75. The molecule has 0 aliphatic heterocycles. The first-order valence-corrected chi connectivity index (χ1v) is 7.39. The summed E-state index contributed by atoms with van der Waals surface area (Å²) in [4.78, 5) is 9.88. The van der Waals surface area contributed by atoms with E-state index in [0.29, 0.717) is 5.75 Å². The molecule has 0 amide bonds. The molecule has 2 N–H and O–H groups in total. The Morgan fingerprint density at radius 1 is 1.33 bits per heavy atom. The maximum absolute atomic E-state index is 13.6. The number of nitro benzene ring substituents is 1. The summed E-state index contributed by atoms with van der Waals surface area (Å²) < 4.78 is 19.5. The van der Waals surface area contributed by atoms with Crippen molar-refractivity contribution in [1.29, 1.82) is 0 Å². The molecule has 0 aromatic heterocycles. The lowest BCUT2D eigenvalue weighted by Crippen LogP contribution is -2.64. The van der Waals surface area contributed by atoms with Crippen LogP contribution in [0.3, 0.4) is 0 Å². The van der Waals surface area contributed by atoms with Gasteiger partial charge in [-0.25, -0.2) is 0 Å². The van der Waals surface area contributed by atoms with Gasteiger partial charge in [-0.15, -0.1) is 0 Å². The molecule has 2 fully saturated rings. The lowest BCUT2D eigenvalue weighted by atomic mass is 9.55. The lowest BCUT2D eigenvalue weighted by Gasteiger charge is -2.56. The van der Waals surface area contributed by atoms with Crippen molar-refractivity contribution >= 4 is 5.69 Å². The van der Waals surface area contributed by atoms with Crippen molar-refractivity contribution < 1.29 is 14.1 Å². The van der Waals surface area contributed by atoms with Gasteiger partial charge in [0.1, 0.15) is 11.9 Å². The summed E-state index contributed by atoms with van der Waals surface area (Å²) in [7, 11) is 0. The van der Waals surface area contributed by atoms with Gasteiger partial charge >= 0.3 is 5.69 Å². The van der Waals surface area contributed by atoms with Gasteiger partial charge in [0.15, 0.2) is 0 Å². The van der Waals surface area contributed by atoms with Crippen LogP contribution in [0.25, 0.3) is 0 Å². The second kappa shape index (κ2) is 5.26. The Hall–Kier alpha value is -1.69. The first-order valence-electron chi connectivity index (χ1n) is 7.39. The highest BCUT2D eigenvalue weighted by Crippen LogP contribution is 2.52. The van der Waals surface area contributed by atoms with E-state index in [0.717, 1.165) is 44.2 Å². The van der Waals surface area contributed by atoms with E-state index in [2.05, 4.69) is 0 Å². The van der Waals surface area contributed by atoms with Crippen LogP contribution in [0.5, 0.6) is 5.75 Å². The minimum absolute atomic E-state index is 0.00587. The van der Waals surface area contributed by atoms with Gasteiger partial charge in [0, 0.05) is 30.0 Å². The predicted octanol–water partition coefficient (Wildman–Crippen LogP) is 3.16. The molecule has 3 rings (SSSR count). The fourth-order valence-corrected chi connectivity index (χ4v) is 3.72. The van der Waals surface area contributed by atoms with E-state index in [9.17, 15) is 14.5 Å². The molecular formula is C15H19FN2O3. The summed E-state index contributed by atoms with van der Waals surface area (Å²) in [5, 5.41) is 10.6. The van der Waals surface area contributed by atoms with E-state index < -0.39 is 16.4 Å². The third-order valence-electron chi connectivity index (χ3n) is 5.03. The van der Waals surface area contributed by atoms with Gasteiger partial charge in [0.05, 0.1) is 4.92 Å². The third kappa shape index (κ3) is 2.37. The largest absolute Gasteiger partial charge is 0.490 e. The zero-order valence-corrected chi connectivity index (χ0v) is 11.8. The second-order valence-corrected chi connectivity index (χ2v) is 6.11. The molecule has 0 radical (unpaired) electrons. The summed E-state index contributed by atoms with van der Waals surface area (Å²) in [5.41, 5.74) is 5.67. The van der Waals surface area contributed by atoms with Gasteiger partial charge < -0.3 is 10.5 Å². The van der Waals surface area contributed by atoms with Crippen LogP contribution in [-0.2, 0) is 0 Å². The molecule has 0 bridgehead atoms. The highest BCUT2D eigenvalue weighted by atomic mass is 19.1. The van der Waals surface area contributed by atoms with E-state index in [1.54, 1.807) is 0 Å². The molecule has 2 aliphatic carbocycles. The fraction of sp³-hybridized carbons (Fsp3) is 0.600. The van der Waals surface area contributed by atoms with E-state index in [1.807, 2.05) is 0 Å². The zero-order valence-electron chi connectivity index (χ0n) is 11.8. The van der Waals surface area contributed by atoms with E-state index in [-0.39, 0.29) is 17.6 Å². The van der Waals surface area contributed by atoms with Crippen LogP contribution < -0.4 is 10.5 Å². The Bertz CT molecular complexity index is 558. The predicted molar refractivity (Wildman–Crippen MR) is 75.6 cm³/mol. The molecule has 2 unspecified atom stereocenters. The normalized spacial score (nSPS) is 27.1. The number of rotatable bonds is 3. The van der Waals surface area contributed by atoms with E-state index in [1.165, 1.54) is 12.5 Å². The van der Waals surface area contributed by atoms with Crippen LogP contribution in [0.4, 0.5) is 10.1 Å². The Labute approximate surface area is 122 Å². The van der Waals surface area contributed by atoms with Crippen molar-refractivity contribution in [2.75, 3.05) is 0 Å². The van der Waals surface area contributed by atoms with E-state index >= 15 is 0 Å². The smallest absolute Gasteiger partial charge is 0.305 e. The molecule has 0 heterocycles. The van der Waals surface area contributed by atoms with Crippen LogP contribution in [0.15, 0.2) is 18.2 Å². The minimum Gasteiger partial charge on any atom is -0.490 e. The quantitative estimate of drug-likeness (QED) is 0.686. The summed E-state index contributed by atoms with van der Waals surface area (Å²) in [5.74, 6) is -0.515.